The lowest BCUT2D eigenvalue weighted by Crippen LogP contribution is -2.30. The summed E-state index contributed by atoms with van der Waals surface area (Å²) in [4.78, 5) is 6.50. The number of hydrogen-bond donors (Lipinski definition) is 2. The van der Waals surface area contributed by atoms with Crippen LogP contribution in [0, 0.1) is 0 Å². The molecule has 84 valence electrons. The van der Waals surface area contributed by atoms with Crippen LogP contribution in [0.5, 0.6) is 0 Å². The molecule has 1 unspecified atom stereocenters. The van der Waals surface area contributed by atoms with Gasteiger partial charge in [-0.3, -0.25) is 5.10 Å². The van der Waals surface area contributed by atoms with Gasteiger partial charge in [0.25, 0.3) is 0 Å². The van der Waals surface area contributed by atoms with Gasteiger partial charge < -0.3 is 10.2 Å². The zero-order chi connectivity index (χ0) is 10.5. The second-order valence-electron chi connectivity index (χ2n) is 4.24. The van der Waals surface area contributed by atoms with Gasteiger partial charge in [0, 0.05) is 6.04 Å². The van der Waals surface area contributed by atoms with Crippen molar-refractivity contribution in [2.75, 3.05) is 20.1 Å². The summed E-state index contributed by atoms with van der Waals surface area (Å²) in [6, 6.07) is 0.625. The first-order chi connectivity index (χ1) is 7.34. The van der Waals surface area contributed by atoms with E-state index in [2.05, 4.69) is 32.4 Å². The van der Waals surface area contributed by atoms with Crippen LogP contribution in [-0.2, 0) is 6.54 Å². The van der Waals surface area contributed by atoms with Crippen molar-refractivity contribution in [3.63, 3.8) is 0 Å². The van der Waals surface area contributed by atoms with Crippen LogP contribution in [0.4, 0.5) is 0 Å². The smallest absolute Gasteiger partial charge is 0.138 e. The summed E-state index contributed by atoms with van der Waals surface area (Å²) in [6.45, 7) is 3.21. The van der Waals surface area contributed by atoms with Crippen molar-refractivity contribution in [3.8, 4) is 0 Å². The zero-order valence-electron chi connectivity index (χ0n) is 9.24. The lowest BCUT2D eigenvalue weighted by Gasteiger charge is -2.15. The predicted octanol–water partition coefficient (Wildman–Crippen LogP) is 0.379. The van der Waals surface area contributed by atoms with Crippen LogP contribution >= 0.6 is 0 Å². The molecule has 1 fully saturated rings. The molecule has 2 rings (SSSR count). The van der Waals surface area contributed by atoms with Crippen LogP contribution in [0.25, 0.3) is 0 Å². The molecule has 0 aliphatic carbocycles. The van der Waals surface area contributed by atoms with E-state index in [1.54, 1.807) is 6.33 Å². The van der Waals surface area contributed by atoms with E-state index < -0.39 is 0 Å². The Morgan fingerprint density at radius 2 is 2.47 bits per heavy atom. The summed E-state index contributed by atoms with van der Waals surface area (Å²) in [6.07, 6.45) is 5.32. The minimum atomic E-state index is 0.625. The van der Waals surface area contributed by atoms with Gasteiger partial charge in [0.1, 0.15) is 12.2 Å². The Morgan fingerprint density at radius 3 is 3.27 bits per heavy atom. The molecule has 1 aromatic rings. The average Bonchev–Trinajstić information content (AvgIpc) is 2.66. The highest BCUT2D eigenvalue weighted by Gasteiger charge is 2.14. The molecule has 0 radical (unpaired) electrons. The van der Waals surface area contributed by atoms with E-state index in [1.807, 2.05) is 0 Å². The molecule has 1 aromatic heterocycles. The van der Waals surface area contributed by atoms with Crippen LogP contribution in [-0.4, -0.2) is 46.3 Å². The van der Waals surface area contributed by atoms with Gasteiger partial charge >= 0.3 is 0 Å². The number of nitrogens with one attached hydrogen (secondary N) is 2. The molecule has 1 aliphatic rings. The van der Waals surface area contributed by atoms with Crippen molar-refractivity contribution >= 4 is 0 Å². The molecular weight excluding hydrogens is 190 g/mol. The quantitative estimate of drug-likeness (QED) is 0.755. The van der Waals surface area contributed by atoms with E-state index in [9.17, 15) is 0 Å². The van der Waals surface area contributed by atoms with Gasteiger partial charge in [0.05, 0.1) is 6.54 Å². The highest BCUT2D eigenvalue weighted by Crippen LogP contribution is 2.09. The van der Waals surface area contributed by atoms with Gasteiger partial charge in [-0.1, -0.05) is 0 Å². The molecule has 2 N–H and O–H groups in total. The van der Waals surface area contributed by atoms with Crippen molar-refractivity contribution in [1.29, 1.82) is 0 Å². The number of aromatic amines is 1. The number of nitrogens with zero attached hydrogens (tertiary/aromatic N) is 3. The summed E-state index contributed by atoms with van der Waals surface area (Å²) in [5, 5.41) is 10.2. The minimum absolute atomic E-state index is 0.625. The first-order valence-corrected chi connectivity index (χ1v) is 5.61. The van der Waals surface area contributed by atoms with Gasteiger partial charge in [-0.2, -0.15) is 5.10 Å². The largest absolute Gasteiger partial charge is 0.307 e. The third kappa shape index (κ3) is 3.28. The Kier molecular flexibility index (Phi) is 3.69. The SMILES string of the molecule is CN1CCCC(NCc2ncn[nH]2)CC1. The molecule has 0 saturated carbocycles. The molecule has 1 atom stereocenters. The molecule has 0 amide bonds. The molecule has 15 heavy (non-hydrogen) atoms. The lowest BCUT2D eigenvalue weighted by molar-refractivity contribution is 0.343. The topological polar surface area (TPSA) is 56.8 Å². The predicted molar refractivity (Wildman–Crippen MR) is 58.4 cm³/mol. The molecule has 0 aromatic carbocycles. The standard InChI is InChI=1S/C10H19N5/c1-15-5-2-3-9(4-6-15)11-7-10-12-8-13-14-10/h8-9,11H,2-7H2,1H3,(H,12,13,14). The summed E-state index contributed by atoms with van der Waals surface area (Å²) < 4.78 is 0. The number of likely N-dealkylation sites (tertiary alicyclic amines) is 1. The summed E-state index contributed by atoms with van der Waals surface area (Å²) in [5.41, 5.74) is 0. The maximum atomic E-state index is 4.10. The first kappa shape index (κ1) is 10.6. The molecule has 1 aliphatic heterocycles. The van der Waals surface area contributed by atoms with Gasteiger partial charge in [0.2, 0.25) is 0 Å². The van der Waals surface area contributed by atoms with E-state index in [1.165, 1.54) is 32.4 Å². The second kappa shape index (κ2) is 5.23. The van der Waals surface area contributed by atoms with Crippen molar-refractivity contribution in [2.24, 2.45) is 0 Å². The fraction of sp³-hybridized carbons (Fsp3) is 0.800. The molecule has 2 heterocycles. The number of rotatable bonds is 3. The summed E-state index contributed by atoms with van der Waals surface area (Å²) >= 11 is 0. The minimum Gasteiger partial charge on any atom is -0.307 e. The normalized spacial score (nSPS) is 23.9. The second-order valence-corrected chi connectivity index (χ2v) is 4.24. The van der Waals surface area contributed by atoms with E-state index >= 15 is 0 Å². The Hall–Kier alpha value is -0.940. The molecular formula is C10H19N5. The van der Waals surface area contributed by atoms with E-state index in [4.69, 9.17) is 0 Å². The van der Waals surface area contributed by atoms with Crippen LogP contribution in [0.2, 0.25) is 0 Å². The Morgan fingerprint density at radius 1 is 1.53 bits per heavy atom. The van der Waals surface area contributed by atoms with Crippen molar-refractivity contribution in [1.82, 2.24) is 25.4 Å². The molecule has 5 nitrogen and oxygen atoms in total. The van der Waals surface area contributed by atoms with Crippen molar-refractivity contribution in [2.45, 2.75) is 31.8 Å². The molecule has 0 spiro atoms. The zero-order valence-corrected chi connectivity index (χ0v) is 9.24. The first-order valence-electron chi connectivity index (χ1n) is 5.61. The Balaban J connectivity index is 1.74. The highest BCUT2D eigenvalue weighted by atomic mass is 15.2. The van der Waals surface area contributed by atoms with Crippen LogP contribution in [0.1, 0.15) is 25.1 Å². The van der Waals surface area contributed by atoms with Crippen LogP contribution in [0.3, 0.4) is 0 Å². The maximum absolute atomic E-state index is 4.10. The number of aromatic nitrogens is 3. The van der Waals surface area contributed by atoms with Crippen LogP contribution < -0.4 is 5.32 Å². The van der Waals surface area contributed by atoms with Gasteiger partial charge in [-0.25, -0.2) is 4.98 Å². The fourth-order valence-electron chi connectivity index (χ4n) is 2.00. The van der Waals surface area contributed by atoms with Gasteiger partial charge in [-0.15, -0.1) is 0 Å². The number of hydrogen-bond acceptors (Lipinski definition) is 4. The Bertz CT molecular complexity index is 271. The molecule has 1 saturated heterocycles. The van der Waals surface area contributed by atoms with Crippen LogP contribution in [0.15, 0.2) is 6.33 Å². The highest BCUT2D eigenvalue weighted by molar-refractivity contribution is 4.81. The molecule has 0 bridgehead atoms. The monoisotopic (exact) mass is 209 g/mol. The third-order valence-corrected chi connectivity index (χ3v) is 2.97. The van der Waals surface area contributed by atoms with Crippen molar-refractivity contribution < 1.29 is 0 Å². The van der Waals surface area contributed by atoms with E-state index in [-0.39, 0.29) is 0 Å². The molecule has 5 heteroatoms. The summed E-state index contributed by atoms with van der Waals surface area (Å²) in [7, 11) is 2.19. The number of H-pyrrole nitrogens is 1. The third-order valence-electron chi connectivity index (χ3n) is 2.97. The van der Waals surface area contributed by atoms with Gasteiger partial charge in [-0.05, 0) is 39.4 Å². The van der Waals surface area contributed by atoms with Gasteiger partial charge in [0.15, 0.2) is 0 Å². The lowest BCUT2D eigenvalue weighted by atomic mass is 10.1. The Labute approximate surface area is 90.3 Å². The fourth-order valence-corrected chi connectivity index (χ4v) is 2.00. The van der Waals surface area contributed by atoms with E-state index in [0.717, 1.165) is 12.4 Å². The maximum Gasteiger partial charge on any atom is 0.138 e. The average molecular weight is 209 g/mol. The van der Waals surface area contributed by atoms with Crippen molar-refractivity contribution in [3.05, 3.63) is 12.2 Å². The van der Waals surface area contributed by atoms with E-state index in [0.29, 0.717) is 6.04 Å². The summed E-state index contributed by atoms with van der Waals surface area (Å²) in [5.74, 6) is 0.924.